The molecule has 0 saturated heterocycles. The van der Waals surface area contributed by atoms with Gasteiger partial charge in [-0.25, -0.2) is 0 Å². The summed E-state index contributed by atoms with van der Waals surface area (Å²) < 4.78 is 0. The summed E-state index contributed by atoms with van der Waals surface area (Å²) in [6.07, 6.45) is 12.2. The fourth-order valence-corrected chi connectivity index (χ4v) is 12.8. The van der Waals surface area contributed by atoms with Crippen LogP contribution in [0.1, 0.15) is 52.4 Å². The Labute approximate surface area is 122 Å². The summed E-state index contributed by atoms with van der Waals surface area (Å²) in [5, 5.41) is -1.73. The van der Waals surface area contributed by atoms with E-state index >= 15 is 0 Å². The third-order valence-electron chi connectivity index (χ3n) is 5.18. The molecule has 114 valence electrons. The molecule has 0 aliphatic heterocycles. The largest absolute Gasteiger partial charge is 0.409 e. The summed E-state index contributed by atoms with van der Waals surface area (Å²) in [5.74, 6) is 0. The normalized spacial score (nSPS) is 35.3. The van der Waals surface area contributed by atoms with E-state index in [1.807, 2.05) is 12.2 Å². The zero-order valence-electron chi connectivity index (χ0n) is 12.3. The second-order valence-corrected chi connectivity index (χ2v) is 15.9. The zero-order valence-corrected chi connectivity index (χ0v) is 14.3. The fourth-order valence-electron chi connectivity index (χ4n) is 3.41. The zero-order chi connectivity index (χ0) is 15.1. The SMILES string of the molecule is CC1([Si](O)(O)[Si](O)(O)C2(C)C=CCCC2)C=CCCC1. The van der Waals surface area contributed by atoms with Crippen LogP contribution in [0.25, 0.3) is 0 Å². The van der Waals surface area contributed by atoms with Crippen molar-refractivity contribution >= 4 is 16.2 Å². The van der Waals surface area contributed by atoms with Crippen LogP contribution >= 0.6 is 0 Å². The van der Waals surface area contributed by atoms with E-state index in [1.54, 1.807) is 26.0 Å². The lowest BCUT2D eigenvalue weighted by Crippen LogP contribution is -2.74. The van der Waals surface area contributed by atoms with Gasteiger partial charge in [0.2, 0.25) is 0 Å². The summed E-state index contributed by atoms with van der Waals surface area (Å²) in [6.45, 7) is 3.53. The van der Waals surface area contributed by atoms with Crippen molar-refractivity contribution in [3.63, 3.8) is 0 Å². The first-order valence-electron chi connectivity index (χ1n) is 7.41. The first-order chi connectivity index (χ1) is 9.16. The third kappa shape index (κ3) is 2.28. The van der Waals surface area contributed by atoms with E-state index in [2.05, 4.69) is 0 Å². The predicted molar refractivity (Wildman–Crippen MR) is 83.1 cm³/mol. The van der Waals surface area contributed by atoms with Crippen LogP contribution < -0.4 is 0 Å². The summed E-state index contributed by atoms with van der Waals surface area (Å²) in [5.41, 5.74) is 0. The van der Waals surface area contributed by atoms with Crippen LogP contribution in [0.2, 0.25) is 10.1 Å². The smallest absolute Gasteiger partial charge is 0.389 e. The van der Waals surface area contributed by atoms with Gasteiger partial charge in [0.25, 0.3) is 0 Å². The Bertz CT molecular complexity index is 393. The van der Waals surface area contributed by atoms with Crippen LogP contribution in [0.3, 0.4) is 0 Å². The molecule has 6 heteroatoms. The van der Waals surface area contributed by atoms with Crippen LogP contribution in [0.5, 0.6) is 0 Å². The lowest BCUT2D eigenvalue weighted by Gasteiger charge is -2.49. The van der Waals surface area contributed by atoms with Crippen molar-refractivity contribution in [3.05, 3.63) is 24.3 Å². The van der Waals surface area contributed by atoms with Gasteiger partial charge in [-0.3, -0.25) is 0 Å². The van der Waals surface area contributed by atoms with Gasteiger partial charge in [0, 0.05) is 10.1 Å². The Hall–Kier alpha value is -0.246. The minimum absolute atomic E-state index is 0.610. The van der Waals surface area contributed by atoms with E-state index in [0.29, 0.717) is 12.8 Å². The van der Waals surface area contributed by atoms with Crippen LogP contribution in [-0.4, -0.2) is 35.3 Å². The highest BCUT2D eigenvalue weighted by Crippen LogP contribution is 2.54. The van der Waals surface area contributed by atoms with Gasteiger partial charge in [-0.15, -0.1) is 0 Å². The Morgan fingerprint density at radius 3 is 1.35 bits per heavy atom. The second-order valence-electron chi connectivity index (χ2n) is 6.77. The summed E-state index contributed by atoms with van der Waals surface area (Å²) >= 11 is 0. The first kappa shape index (κ1) is 16.1. The lowest BCUT2D eigenvalue weighted by molar-refractivity contribution is 0.258. The van der Waals surface area contributed by atoms with E-state index in [0.717, 1.165) is 25.7 Å². The maximum atomic E-state index is 10.8. The molecule has 0 fully saturated rings. The molecular formula is C14H26O4Si2. The quantitative estimate of drug-likeness (QED) is 0.474. The van der Waals surface area contributed by atoms with Crippen LogP contribution in [0.15, 0.2) is 24.3 Å². The average molecular weight is 315 g/mol. The number of allylic oxidation sites excluding steroid dienone is 4. The lowest BCUT2D eigenvalue weighted by atomic mass is 9.97. The van der Waals surface area contributed by atoms with Crippen molar-refractivity contribution in [2.24, 2.45) is 0 Å². The summed E-state index contributed by atoms with van der Waals surface area (Å²) in [4.78, 5) is 43.3. The Kier molecular flexibility index (Phi) is 4.18. The molecule has 0 amide bonds. The van der Waals surface area contributed by atoms with Crippen molar-refractivity contribution in [2.45, 2.75) is 62.4 Å². The molecule has 2 rings (SSSR count). The first-order valence-corrected chi connectivity index (χ1v) is 12.2. The molecule has 0 spiro atoms. The van der Waals surface area contributed by atoms with Crippen molar-refractivity contribution in [3.8, 4) is 0 Å². The minimum atomic E-state index is -4.20. The number of hydrogen-bond donors (Lipinski definition) is 4. The Balaban J connectivity index is 2.40. The molecule has 0 bridgehead atoms. The molecule has 0 aromatic heterocycles. The van der Waals surface area contributed by atoms with Gasteiger partial charge in [-0.1, -0.05) is 38.2 Å². The number of rotatable bonds is 3. The summed E-state index contributed by atoms with van der Waals surface area (Å²) in [7, 11) is -8.40. The molecule has 0 radical (unpaired) electrons. The monoisotopic (exact) mass is 314 g/mol. The van der Waals surface area contributed by atoms with Crippen molar-refractivity contribution in [1.82, 2.24) is 0 Å². The molecule has 2 unspecified atom stereocenters. The number of hydrogen-bond acceptors (Lipinski definition) is 4. The van der Waals surface area contributed by atoms with Crippen LogP contribution in [0, 0.1) is 0 Å². The van der Waals surface area contributed by atoms with Crippen molar-refractivity contribution in [2.75, 3.05) is 0 Å². The topological polar surface area (TPSA) is 80.9 Å². The fraction of sp³-hybridized carbons (Fsp3) is 0.714. The van der Waals surface area contributed by atoms with E-state index in [-0.39, 0.29) is 0 Å². The van der Waals surface area contributed by atoms with E-state index in [4.69, 9.17) is 0 Å². The van der Waals surface area contributed by atoms with Crippen molar-refractivity contribution < 1.29 is 19.2 Å². The van der Waals surface area contributed by atoms with Gasteiger partial charge in [-0.2, -0.15) is 0 Å². The van der Waals surface area contributed by atoms with E-state index < -0.39 is 26.2 Å². The molecular weight excluding hydrogens is 288 g/mol. The predicted octanol–water partition coefficient (Wildman–Crippen LogP) is 1.92. The molecule has 0 heterocycles. The third-order valence-corrected chi connectivity index (χ3v) is 16.5. The second kappa shape index (κ2) is 5.19. The van der Waals surface area contributed by atoms with Crippen LogP contribution in [0.4, 0.5) is 0 Å². The maximum absolute atomic E-state index is 10.8. The Morgan fingerprint density at radius 2 is 1.10 bits per heavy atom. The maximum Gasteiger partial charge on any atom is 0.389 e. The van der Waals surface area contributed by atoms with Gasteiger partial charge in [-0.05, 0) is 38.5 Å². The van der Waals surface area contributed by atoms with Gasteiger partial charge >= 0.3 is 16.2 Å². The Morgan fingerprint density at radius 1 is 0.750 bits per heavy atom. The summed E-state index contributed by atoms with van der Waals surface area (Å²) in [6, 6.07) is 0. The van der Waals surface area contributed by atoms with Gasteiger partial charge in [0.15, 0.2) is 0 Å². The molecule has 0 aromatic carbocycles. The van der Waals surface area contributed by atoms with Gasteiger partial charge < -0.3 is 19.2 Å². The van der Waals surface area contributed by atoms with E-state index in [9.17, 15) is 19.2 Å². The van der Waals surface area contributed by atoms with Gasteiger partial charge in [0.05, 0.1) is 0 Å². The molecule has 4 nitrogen and oxygen atoms in total. The van der Waals surface area contributed by atoms with Crippen molar-refractivity contribution in [1.29, 1.82) is 0 Å². The molecule has 2 aliphatic rings. The molecule has 2 atom stereocenters. The highest BCUT2D eigenvalue weighted by molar-refractivity contribution is 7.32. The molecule has 20 heavy (non-hydrogen) atoms. The standard InChI is InChI=1S/C14H26O4Si2/c1-13(9-5-3-6-10-13)19(15,16)20(17,18)14(2)11-7-4-8-12-14/h5,7,9,11,15-18H,3-4,6,8,10,12H2,1-2H3. The van der Waals surface area contributed by atoms with Gasteiger partial charge in [0.1, 0.15) is 0 Å². The highest BCUT2D eigenvalue weighted by Gasteiger charge is 2.72. The average Bonchev–Trinajstić information content (AvgIpc) is 2.40. The highest BCUT2D eigenvalue weighted by atomic mass is 29.3. The molecule has 0 aromatic rings. The molecule has 4 N–H and O–H groups in total. The molecule has 2 aliphatic carbocycles. The minimum Gasteiger partial charge on any atom is -0.409 e. The van der Waals surface area contributed by atoms with E-state index in [1.165, 1.54) is 0 Å². The molecule has 0 saturated carbocycles. The van der Waals surface area contributed by atoms with Crippen LogP contribution in [-0.2, 0) is 0 Å².